The molecule has 0 spiro atoms. The highest BCUT2D eigenvalue weighted by molar-refractivity contribution is 5.90. The first-order valence-corrected chi connectivity index (χ1v) is 2.24. The van der Waals surface area contributed by atoms with E-state index in [0.717, 1.165) is 0 Å². The molecule has 0 aromatic carbocycles. The maximum atomic E-state index is 10.1. The summed E-state index contributed by atoms with van der Waals surface area (Å²) in [4.78, 5) is 16.0. The average Bonchev–Trinajstić information content (AvgIpc) is 2.13. The third kappa shape index (κ3) is 0.835. The highest BCUT2D eigenvalue weighted by atomic mass is 16.4. The number of hydrogen-bond donors (Lipinski definition) is 3. The van der Waals surface area contributed by atoms with Gasteiger partial charge in [0.15, 0.2) is 11.5 Å². The van der Waals surface area contributed by atoms with Gasteiger partial charge in [-0.2, -0.15) is 0 Å². The molecule has 0 radical (unpaired) electrons. The second-order valence-corrected chi connectivity index (χ2v) is 1.47. The number of imidazole rings is 1. The van der Waals surface area contributed by atoms with Crippen molar-refractivity contribution in [1.29, 1.82) is 0 Å². The van der Waals surface area contributed by atoms with Crippen LogP contribution in [0.5, 0.6) is 0 Å². The van der Waals surface area contributed by atoms with E-state index in [1.807, 2.05) is 0 Å². The molecule has 5 nitrogen and oxygen atoms in total. The number of aromatic amines is 1. The Morgan fingerprint density at radius 1 is 1.89 bits per heavy atom. The quantitative estimate of drug-likeness (QED) is 0.482. The van der Waals surface area contributed by atoms with Crippen molar-refractivity contribution in [3.63, 3.8) is 0 Å². The van der Waals surface area contributed by atoms with Crippen molar-refractivity contribution in [2.75, 3.05) is 5.73 Å². The second kappa shape index (κ2) is 1.77. The number of aromatic carboxylic acids is 1. The van der Waals surface area contributed by atoms with Crippen molar-refractivity contribution in [3.8, 4) is 0 Å². The fourth-order valence-electron chi connectivity index (χ4n) is 0.476. The lowest BCUT2D eigenvalue weighted by Gasteiger charge is -1.85. The Hall–Kier alpha value is -1.52. The van der Waals surface area contributed by atoms with Crippen molar-refractivity contribution in [2.24, 2.45) is 0 Å². The van der Waals surface area contributed by atoms with Gasteiger partial charge >= 0.3 is 5.97 Å². The summed E-state index contributed by atoms with van der Waals surface area (Å²) in [6, 6.07) is 0. The van der Waals surface area contributed by atoms with Crippen LogP contribution in [0.15, 0.2) is 6.33 Å². The molecule has 0 amide bonds. The largest absolute Gasteiger partial charge is 0.476 e. The van der Waals surface area contributed by atoms with Crippen molar-refractivity contribution < 1.29 is 9.90 Å². The van der Waals surface area contributed by atoms with Gasteiger partial charge in [0.05, 0.1) is 6.33 Å². The van der Waals surface area contributed by atoms with Crippen LogP contribution in [0.4, 0.5) is 5.82 Å². The van der Waals surface area contributed by atoms with Crippen molar-refractivity contribution in [3.05, 3.63) is 12.0 Å². The molecule has 0 saturated heterocycles. The van der Waals surface area contributed by atoms with E-state index in [1.54, 1.807) is 0 Å². The van der Waals surface area contributed by atoms with Gasteiger partial charge in [-0.15, -0.1) is 0 Å². The molecule has 48 valence electrons. The van der Waals surface area contributed by atoms with Crippen LogP contribution in [-0.2, 0) is 0 Å². The summed E-state index contributed by atoms with van der Waals surface area (Å²) in [5.41, 5.74) is 5.06. The molecular weight excluding hydrogens is 122 g/mol. The van der Waals surface area contributed by atoms with E-state index in [1.165, 1.54) is 6.33 Å². The fourth-order valence-corrected chi connectivity index (χ4v) is 0.476. The Morgan fingerprint density at radius 3 is 2.78 bits per heavy atom. The van der Waals surface area contributed by atoms with Crippen LogP contribution in [0, 0.1) is 0 Å². The molecule has 0 unspecified atom stereocenters. The predicted octanol–water partition coefficient (Wildman–Crippen LogP) is -0.310. The zero-order valence-corrected chi connectivity index (χ0v) is 4.46. The van der Waals surface area contributed by atoms with Gasteiger partial charge in [0.25, 0.3) is 0 Å². The Labute approximate surface area is 50.5 Å². The van der Waals surface area contributed by atoms with Gasteiger partial charge in [0, 0.05) is 0 Å². The number of nitrogens with two attached hydrogens (primary N) is 1. The molecule has 0 aliphatic heterocycles. The Bertz CT molecular complexity index is 229. The van der Waals surface area contributed by atoms with Crippen LogP contribution in [0.1, 0.15) is 10.5 Å². The lowest BCUT2D eigenvalue weighted by Crippen LogP contribution is -2.00. The Kier molecular flexibility index (Phi) is 1.11. The summed E-state index contributed by atoms with van der Waals surface area (Å²) >= 11 is 0. The third-order valence-corrected chi connectivity index (χ3v) is 0.883. The van der Waals surface area contributed by atoms with E-state index >= 15 is 0 Å². The molecular formula is C4H5N3O2. The monoisotopic (exact) mass is 127 g/mol. The zero-order chi connectivity index (χ0) is 6.85. The smallest absolute Gasteiger partial charge is 0.356 e. The molecule has 4 N–H and O–H groups in total. The highest BCUT2D eigenvalue weighted by Gasteiger charge is 2.07. The summed E-state index contributed by atoms with van der Waals surface area (Å²) in [6.07, 6.45) is 1.23. The first-order valence-electron chi connectivity index (χ1n) is 2.24. The number of rotatable bonds is 1. The number of carboxylic acids is 1. The number of hydrogen-bond acceptors (Lipinski definition) is 3. The molecule has 0 saturated carbocycles. The number of carbonyl (C=O) groups is 1. The van der Waals surface area contributed by atoms with Gasteiger partial charge in [-0.25, -0.2) is 9.78 Å². The van der Waals surface area contributed by atoms with Gasteiger partial charge in [-0.05, 0) is 0 Å². The molecule has 0 atom stereocenters. The standard InChI is InChI=1S/C4H5N3O2/c5-3-2(4(8)9)6-1-7-3/h1H,5H2,(H,6,7)(H,8,9). The minimum Gasteiger partial charge on any atom is -0.476 e. The van der Waals surface area contributed by atoms with Crippen molar-refractivity contribution in [1.82, 2.24) is 9.97 Å². The summed E-state index contributed by atoms with van der Waals surface area (Å²) in [5, 5.41) is 8.30. The summed E-state index contributed by atoms with van der Waals surface area (Å²) in [5.74, 6) is -1.08. The fraction of sp³-hybridized carbons (Fsp3) is 0. The first kappa shape index (κ1) is 5.61. The highest BCUT2D eigenvalue weighted by Crippen LogP contribution is 2.01. The first-order chi connectivity index (χ1) is 4.22. The van der Waals surface area contributed by atoms with E-state index in [2.05, 4.69) is 9.97 Å². The molecule has 1 heterocycles. The van der Waals surface area contributed by atoms with Crippen LogP contribution < -0.4 is 5.73 Å². The van der Waals surface area contributed by atoms with Gasteiger partial charge in [0.2, 0.25) is 0 Å². The van der Waals surface area contributed by atoms with E-state index < -0.39 is 5.97 Å². The molecule has 5 heteroatoms. The Balaban J connectivity index is 3.08. The topological polar surface area (TPSA) is 92.0 Å². The lowest BCUT2D eigenvalue weighted by molar-refractivity contribution is 0.0692. The van der Waals surface area contributed by atoms with Crippen molar-refractivity contribution in [2.45, 2.75) is 0 Å². The molecule has 0 fully saturated rings. The SMILES string of the molecule is Nc1nc[nH]c1C(=O)O. The maximum absolute atomic E-state index is 10.1. The van der Waals surface area contributed by atoms with Gasteiger partial charge in [-0.3, -0.25) is 0 Å². The summed E-state index contributed by atoms with van der Waals surface area (Å²) in [7, 11) is 0. The van der Waals surface area contributed by atoms with E-state index in [4.69, 9.17) is 10.8 Å². The summed E-state index contributed by atoms with van der Waals surface area (Å²) in [6.45, 7) is 0. The maximum Gasteiger partial charge on any atom is 0.356 e. The van der Waals surface area contributed by atoms with E-state index in [-0.39, 0.29) is 11.5 Å². The van der Waals surface area contributed by atoms with Crippen molar-refractivity contribution >= 4 is 11.8 Å². The molecule has 0 aliphatic rings. The number of nitrogen functional groups attached to an aromatic ring is 1. The van der Waals surface area contributed by atoms with Crippen LogP contribution in [0.3, 0.4) is 0 Å². The van der Waals surface area contributed by atoms with E-state index in [0.29, 0.717) is 0 Å². The molecule has 1 rings (SSSR count). The van der Waals surface area contributed by atoms with Crippen LogP contribution in [0.25, 0.3) is 0 Å². The average molecular weight is 127 g/mol. The third-order valence-electron chi connectivity index (χ3n) is 0.883. The number of nitrogens with one attached hydrogen (secondary N) is 1. The van der Waals surface area contributed by atoms with Gasteiger partial charge in [0.1, 0.15) is 0 Å². The Morgan fingerprint density at radius 2 is 2.56 bits per heavy atom. The van der Waals surface area contributed by atoms with E-state index in [9.17, 15) is 4.79 Å². The minimum atomic E-state index is -1.09. The molecule has 0 aliphatic carbocycles. The number of carboxylic acid groups (broad SMARTS) is 1. The molecule has 0 bridgehead atoms. The normalized spacial score (nSPS) is 9.33. The van der Waals surface area contributed by atoms with Gasteiger partial charge < -0.3 is 15.8 Å². The molecule has 9 heavy (non-hydrogen) atoms. The summed E-state index contributed by atoms with van der Waals surface area (Å²) < 4.78 is 0. The second-order valence-electron chi connectivity index (χ2n) is 1.47. The number of aromatic nitrogens is 2. The van der Waals surface area contributed by atoms with Crippen LogP contribution >= 0.6 is 0 Å². The lowest BCUT2D eigenvalue weighted by atomic mass is 10.4. The number of nitrogens with zero attached hydrogens (tertiary/aromatic N) is 1. The van der Waals surface area contributed by atoms with Gasteiger partial charge in [-0.1, -0.05) is 0 Å². The predicted molar refractivity (Wildman–Crippen MR) is 30.0 cm³/mol. The molecule has 1 aromatic heterocycles. The number of H-pyrrole nitrogens is 1. The zero-order valence-electron chi connectivity index (χ0n) is 4.46. The van der Waals surface area contributed by atoms with Crippen LogP contribution in [-0.4, -0.2) is 21.0 Å². The number of anilines is 1. The molecule has 1 aromatic rings. The van der Waals surface area contributed by atoms with Crippen LogP contribution in [0.2, 0.25) is 0 Å². The minimum absolute atomic E-state index is 0.0162.